The van der Waals surface area contributed by atoms with Gasteiger partial charge in [0.05, 0.1) is 16.8 Å². The second kappa shape index (κ2) is 9.63. The average molecular weight is 599 g/mol. The predicted octanol–water partition coefficient (Wildman–Crippen LogP) is -0.751. The number of H-pyrrole nitrogens is 1. The van der Waals surface area contributed by atoms with Crippen molar-refractivity contribution < 1.29 is 53.1 Å². The van der Waals surface area contributed by atoms with Crippen LogP contribution in [0.3, 0.4) is 0 Å². The van der Waals surface area contributed by atoms with Gasteiger partial charge < -0.3 is 4.98 Å². The summed E-state index contributed by atoms with van der Waals surface area (Å²) in [4.78, 5) is 37.0. The number of aliphatic imine (C=N–C) groups is 2. The molecule has 0 fully saturated rings. The van der Waals surface area contributed by atoms with Crippen molar-refractivity contribution in [1.29, 1.82) is 0 Å². The first-order valence-electron chi connectivity index (χ1n) is 10.3. The van der Waals surface area contributed by atoms with Gasteiger partial charge in [-0.05, 0) is 17.7 Å². The summed E-state index contributed by atoms with van der Waals surface area (Å²) in [5, 5.41) is -2.20. The van der Waals surface area contributed by atoms with Crippen LogP contribution in [0.2, 0.25) is 0 Å². The van der Waals surface area contributed by atoms with E-state index in [9.17, 15) is 48.5 Å². The Balaban J connectivity index is 1.82. The minimum atomic E-state index is -5.19. The fourth-order valence-electron chi connectivity index (χ4n) is 3.64. The van der Waals surface area contributed by atoms with Crippen LogP contribution in [-0.4, -0.2) is 95.2 Å². The zero-order chi connectivity index (χ0) is 28.9. The van der Waals surface area contributed by atoms with Crippen LogP contribution in [0.4, 0.5) is 0 Å². The van der Waals surface area contributed by atoms with Gasteiger partial charge in [-0.25, -0.2) is 19.8 Å². The summed E-state index contributed by atoms with van der Waals surface area (Å²) in [5.74, 6) is -1.71. The number of fused-ring (bicyclic) bond motifs is 1. The van der Waals surface area contributed by atoms with Crippen molar-refractivity contribution in [3.63, 3.8) is 0 Å². The zero-order valence-corrected chi connectivity index (χ0v) is 21.8. The smallest absolute Gasteiger partial charge is 0.340 e. The summed E-state index contributed by atoms with van der Waals surface area (Å²) in [6, 6.07) is 0. The fourth-order valence-corrected chi connectivity index (χ4v) is 5.86. The minimum Gasteiger partial charge on any atom is -0.340 e. The lowest BCUT2D eigenvalue weighted by atomic mass is 9.91. The molecule has 39 heavy (non-hydrogen) atoms. The third kappa shape index (κ3) is 5.72. The summed E-state index contributed by atoms with van der Waals surface area (Å²) >= 11 is 0. The Bertz CT molecular complexity index is 1900. The number of likely N-dealkylation sites (N-methyl/N-ethyl adjacent to an activating group) is 1. The molecule has 19 heteroatoms. The van der Waals surface area contributed by atoms with E-state index in [1.807, 2.05) is 0 Å². The number of hydrogen-bond donors (Lipinski definition) is 4. The van der Waals surface area contributed by atoms with Gasteiger partial charge in [-0.15, -0.1) is 0 Å². The molecule has 4 N–H and O–H groups in total. The first-order chi connectivity index (χ1) is 18.0. The predicted molar refractivity (Wildman–Crippen MR) is 134 cm³/mol. The highest BCUT2D eigenvalue weighted by Gasteiger charge is 2.41. The molecule has 0 spiro atoms. The molecule has 0 radical (unpaired) electrons. The van der Waals surface area contributed by atoms with Gasteiger partial charge in [0.25, 0.3) is 30.4 Å². The molecule has 0 bridgehead atoms. The third-order valence-electron chi connectivity index (χ3n) is 5.43. The quantitative estimate of drug-likeness (QED) is 0.241. The Morgan fingerprint density at radius 1 is 1.00 bits per heavy atom. The molecule has 1 aliphatic heterocycles. The highest BCUT2D eigenvalue weighted by Crippen LogP contribution is 2.38. The maximum absolute atomic E-state index is 13.1. The number of carbonyl (C=O) groups is 2. The lowest BCUT2D eigenvalue weighted by Gasteiger charge is -2.25. The van der Waals surface area contributed by atoms with E-state index < -0.39 is 68.4 Å². The monoisotopic (exact) mass is 598 g/mol. The van der Waals surface area contributed by atoms with Gasteiger partial charge >= 0.3 is 11.8 Å². The number of rotatable bonds is 5. The molecule has 3 aliphatic rings. The Hall–Kier alpha value is -4.01. The molecule has 204 valence electrons. The van der Waals surface area contributed by atoms with Crippen LogP contribution in [-0.2, 0) is 35.1 Å². The van der Waals surface area contributed by atoms with Gasteiger partial charge in [0.15, 0.2) is 11.5 Å². The number of aromatic nitrogens is 2. The largest absolute Gasteiger partial charge is 0.438 e. The molecule has 2 heterocycles. The minimum absolute atomic E-state index is 0.0128. The highest BCUT2D eigenvalue weighted by molar-refractivity contribution is 7.90. The van der Waals surface area contributed by atoms with Crippen LogP contribution >= 0.6 is 0 Å². The van der Waals surface area contributed by atoms with E-state index in [0.29, 0.717) is 12.2 Å². The normalized spacial score (nSPS) is 21.9. The number of imidazole rings is 1. The molecule has 1 atom stereocenters. The second-order valence-electron chi connectivity index (χ2n) is 7.98. The van der Waals surface area contributed by atoms with E-state index in [4.69, 9.17) is 0 Å². The van der Waals surface area contributed by atoms with Crippen molar-refractivity contribution in [1.82, 2.24) is 9.97 Å². The molecule has 16 nitrogen and oxygen atoms in total. The molecule has 1 unspecified atom stereocenters. The van der Waals surface area contributed by atoms with Crippen LogP contribution in [0.25, 0.3) is 0 Å². The molecule has 2 aliphatic carbocycles. The third-order valence-corrected chi connectivity index (χ3v) is 8.20. The second-order valence-corrected chi connectivity index (χ2v) is 12.3. The van der Waals surface area contributed by atoms with E-state index in [1.165, 1.54) is 12.4 Å². The van der Waals surface area contributed by atoms with Gasteiger partial charge in [-0.3, -0.25) is 18.5 Å². The SMILES string of the molecule is C[N+](C(=O)C1=CC(=NC(=O)c2ncc[nH]2)C=N1)=C1C=C2C(=CC(S(=O)(=O)O)=CC2S(=O)(=O)O)C(S(=O)(=O)O)=C1. The molecule has 4 rings (SSSR count). The molecule has 0 saturated carbocycles. The van der Waals surface area contributed by atoms with Gasteiger partial charge in [0, 0.05) is 36.2 Å². The molecule has 0 aromatic carbocycles. The number of hydrogen-bond acceptors (Lipinski definition) is 10. The summed E-state index contributed by atoms with van der Waals surface area (Å²) < 4.78 is 101. The maximum atomic E-state index is 13.1. The average Bonchev–Trinajstić information content (AvgIpc) is 3.52. The Morgan fingerprint density at radius 2 is 1.69 bits per heavy atom. The lowest BCUT2D eigenvalue weighted by molar-refractivity contribution is -0.412. The van der Waals surface area contributed by atoms with Crippen LogP contribution in [0, 0.1) is 0 Å². The molecular formula is C20H16N5O11S3+. The standard InChI is InChI=1S/C20H15N5O11S3/c1-25(20(27)15-4-10(9-23-15)24-19(26)18-21-2-3-22-18)11-5-13-14(16(6-11)38(31,32)33)7-12(37(28,29)30)8-17(13)39(34,35)36/h2-9,17H,1H3,(H3-,21,22,26,28,29,30,31,32,33,34,35,36)/p+1. The lowest BCUT2D eigenvalue weighted by Crippen LogP contribution is -2.32. The number of carbonyl (C=O) groups excluding carboxylic acids is 2. The van der Waals surface area contributed by atoms with Crippen LogP contribution in [0.15, 0.2) is 79.4 Å². The molecule has 2 amide bonds. The summed E-state index contributed by atoms with van der Waals surface area (Å²) in [7, 11) is -14.3. The van der Waals surface area contributed by atoms with Crippen LogP contribution in [0.5, 0.6) is 0 Å². The van der Waals surface area contributed by atoms with E-state index >= 15 is 0 Å². The van der Waals surface area contributed by atoms with Gasteiger partial charge in [-0.2, -0.15) is 29.8 Å². The summed E-state index contributed by atoms with van der Waals surface area (Å²) in [5.41, 5.74) is -1.78. The van der Waals surface area contributed by atoms with E-state index in [-0.39, 0.29) is 22.9 Å². The van der Waals surface area contributed by atoms with Crippen molar-refractivity contribution >= 4 is 59.8 Å². The van der Waals surface area contributed by atoms with Crippen LogP contribution < -0.4 is 0 Å². The van der Waals surface area contributed by atoms with Crippen molar-refractivity contribution in [3.05, 3.63) is 75.3 Å². The first-order valence-corrected chi connectivity index (χ1v) is 14.7. The first kappa shape index (κ1) is 28.0. The van der Waals surface area contributed by atoms with Crippen molar-refractivity contribution in [2.75, 3.05) is 7.05 Å². The number of nitrogens with zero attached hydrogens (tertiary/aromatic N) is 4. The maximum Gasteiger partial charge on any atom is 0.438 e. The Labute approximate surface area is 220 Å². The highest BCUT2D eigenvalue weighted by atomic mass is 32.2. The summed E-state index contributed by atoms with van der Waals surface area (Å²) in [6.45, 7) is 0. The molecular weight excluding hydrogens is 582 g/mol. The van der Waals surface area contributed by atoms with Gasteiger partial charge in [-0.1, -0.05) is 0 Å². The number of amides is 2. The van der Waals surface area contributed by atoms with Crippen molar-refractivity contribution in [3.8, 4) is 0 Å². The fraction of sp³-hybridized carbons (Fsp3) is 0.100. The van der Waals surface area contributed by atoms with E-state index in [0.717, 1.165) is 36.1 Å². The summed E-state index contributed by atoms with van der Waals surface area (Å²) in [6.07, 6.45) is 7.71. The molecule has 1 aromatic rings. The van der Waals surface area contributed by atoms with Gasteiger partial charge in [0.2, 0.25) is 5.71 Å². The number of allylic oxidation sites excluding steroid dienone is 5. The Morgan fingerprint density at radius 3 is 2.26 bits per heavy atom. The zero-order valence-electron chi connectivity index (χ0n) is 19.3. The molecule has 0 saturated heterocycles. The van der Waals surface area contributed by atoms with Crippen molar-refractivity contribution in [2.24, 2.45) is 9.98 Å². The van der Waals surface area contributed by atoms with Gasteiger partial charge in [0.1, 0.15) is 17.2 Å². The van der Waals surface area contributed by atoms with E-state index in [2.05, 4.69) is 20.0 Å². The van der Waals surface area contributed by atoms with E-state index in [1.54, 1.807) is 0 Å². The number of aromatic amines is 1. The Kier molecular flexibility index (Phi) is 6.91. The van der Waals surface area contributed by atoms with Crippen LogP contribution in [0.1, 0.15) is 10.6 Å². The topological polar surface area (TPSA) is 254 Å². The van der Waals surface area contributed by atoms with Crippen molar-refractivity contribution in [2.45, 2.75) is 5.25 Å². The number of nitrogens with one attached hydrogen (secondary N) is 1. The molecule has 1 aromatic heterocycles.